The molecule has 0 saturated carbocycles. The van der Waals surface area contributed by atoms with Gasteiger partial charge in [-0.25, -0.2) is 4.39 Å². The molecule has 2 bridgehead atoms. The first kappa shape index (κ1) is 20.1. The van der Waals surface area contributed by atoms with Gasteiger partial charge >= 0.3 is 0 Å². The highest BCUT2D eigenvalue weighted by molar-refractivity contribution is 5.60. The Kier molecular flexibility index (Phi) is 5.41. The summed E-state index contributed by atoms with van der Waals surface area (Å²) < 4.78 is 19.8. The van der Waals surface area contributed by atoms with Crippen LogP contribution < -0.4 is 9.64 Å². The summed E-state index contributed by atoms with van der Waals surface area (Å²) in [5.41, 5.74) is 3.48. The van der Waals surface area contributed by atoms with Crippen molar-refractivity contribution in [2.24, 2.45) is 5.92 Å². The minimum atomic E-state index is -0.231. The van der Waals surface area contributed by atoms with Gasteiger partial charge in [0, 0.05) is 37.7 Å². The van der Waals surface area contributed by atoms with Crippen LogP contribution in [0.15, 0.2) is 78.9 Å². The molecule has 5 rings (SSSR count). The van der Waals surface area contributed by atoms with Crippen LogP contribution in [0.5, 0.6) is 5.75 Å². The van der Waals surface area contributed by atoms with Crippen LogP contribution in [0.25, 0.3) is 0 Å². The number of ether oxygens (including phenoxy) is 1. The van der Waals surface area contributed by atoms with Gasteiger partial charge in [0.25, 0.3) is 0 Å². The van der Waals surface area contributed by atoms with Crippen molar-refractivity contribution in [1.29, 1.82) is 0 Å². The number of rotatable bonds is 6. The molecule has 4 atom stereocenters. The van der Waals surface area contributed by atoms with Crippen LogP contribution in [0.2, 0.25) is 0 Å². The number of benzene rings is 3. The van der Waals surface area contributed by atoms with Gasteiger partial charge in [0.1, 0.15) is 11.6 Å². The fraction of sp³-hybridized carbons (Fsp3) is 0.333. The maximum atomic E-state index is 14.2. The number of likely N-dealkylation sites (N-methyl/N-ethyl adjacent to an activating group) is 1. The summed E-state index contributed by atoms with van der Waals surface area (Å²) in [5.74, 6) is 1.29. The molecule has 4 unspecified atom stereocenters. The van der Waals surface area contributed by atoms with Crippen LogP contribution in [0, 0.1) is 11.7 Å². The van der Waals surface area contributed by atoms with Crippen LogP contribution in [-0.2, 0) is 0 Å². The van der Waals surface area contributed by atoms with Gasteiger partial charge in [-0.15, -0.1) is 0 Å². The Morgan fingerprint density at radius 3 is 2.23 bits per heavy atom. The molecule has 2 aliphatic heterocycles. The van der Waals surface area contributed by atoms with Crippen molar-refractivity contribution in [3.63, 3.8) is 0 Å². The maximum Gasteiger partial charge on any atom is 0.142 e. The maximum absolute atomic E-state index is 14.2. The van der Waals surface area contributed by atoms with Crippen molar-refractivity contribution in [3.05, 3.63) is 95.8 Å². The van der Waals surface area contributed by atoms with Gasteiger partial charge in [-0.1, -0.05) is 60.7 Å². The number of piperidine rings is 1. The third-order valence-corrected chi connectivity index (χ3v) is 7.14. The molecule has 0 N–H and O–H groups in total. The van der Waals surface area contributed by atoms with E-state index in [0.29, 0.717) is 12.0 Å². The first-order chi connectivity index (χ1) is 15.2. The number of hydrogen-bond acceptors (Lipinski definition) is 3. The zero-order valence-corrected chi connectivity index (χ0v) is 18.1. The summed E-state index contributed by atoms with van der Waals surface area (Å²) in [6.45, 7) is 2.21. The smallest absolute Gasteiger partial charge is 0.142 e. The van der Waals surface area contributed by atoms with E-state index in [4.69, 9.17) is 4.74 Å². The summed E-state index contributed by atoms with van der Waals surface area (Å²) >= 11 is 0. The Balaban J connectivity index is 1.60. The van der Waals surface area contributed by atoms with Crippen molar-refractivity contribution < 1.29 is 9.13 Å². The Hall–Kier alpha value is -2.85. The normalized spacial score (nSPS) is 24.5. The number of anilines is 1. The van der Waals surface area contributed by atoms with E-state index in [2.05, 4.69) is 77.5 Å². The largest absolute Gasteiger partial charge is 0.495 e. The molecular weight excluding hydrogens is 387 g/mol. The van der Waals surface area contributed by atoms with Crippen molar-refractivity contribution >= 4 is 5.69 Å². The fourth-order valence-corrected chi connectivity index (χ4v) is 5.82. The number of methoxy groups -OCH3 is 1. The average molecular weight is 417 g/mol. The van der Waals surface area contributed by atoms with Crippen LogP contribution in [0.4, 0.5) is 10.1 Å². The van der Waals surface area contributed by atoms with E-state index in [0.717, 1.165) is 24.5 Å². The van der Waals surface area contributed by atoms with E-state index in [1.54, 1.807) is 19.2 Å². The minimum Gasteiger partial charge on any atom is -0.495 e. The molecule has 2 heterocycles. The zero-order valence-electron chi connectivity index (χ0n) is 18.1. The molecule has 2 fully saturated rings. The van der Waals surface area contributed by atoms with E-state index in [9.17, 15) is 4.39 Å². The highest BCUT2D eigenvalue weighted by Gasteiger charge is 2.51. The van der Waals surface area contributed by atoms with Crippen LogP contribution in [0.3, 0.4) is 0 Å². The van der Waals surface area contributed by atoms with Crippen LogP contribution >= 0.6 is 0 Å². The standard InChI is InChI=1S/C27H29FN2O/c1-29(23-17-22(28)13-14-24(23)31-2)26-21-15-16-30(18-21)27(26)25(19-9-5-3-6-10-19)20-11-7-4-8-12-20/h3-14,17,21,25-27H,15-16,18H2,1-2H3. The molecule has 2 saturated heterocycles. The van der Waals surface area contributed by atoms with E-state index in [1.807, 2.05) is 0 Å². The third-order valence-electron chi connectivity index (χ3n) is 7.14. The quantitative estimate of drug-likeness (QED) is 0.551. The first-order valence-corrected chi connectivity index (χ1v) is 11.1. The highest BCUT2D eigenvalue weighted by Crippen LogP contribution is 2.46. The number of fused-ring (bicyclic) bond motifs is 2. The molecule has 3 nitrogen and oxygen atoms in total. The van der Waals surface area contributed by atoms with E-state index >= 15 is 0 Å². The lowest BCUT2D eigenvalue weighted by molar-refractivity contribution is 0.216. The summed E-state index contributed by atoms with van der Waals surface area (Å²) in [6.07, 6.45) is 1.18. The topological polar surface area (TPSA) is 15.7 Å². The molecule has 0 radical (unpaired) electrons. The summed E-state index contributed by atoms with van der Waals surface area (Å²) in [7, 11) is 3.76. The minimum absolute atomic E-state index is 0.231. The molecule has 160 valence electrons. The lowest BCUT2D eigenvalue weighted by Crippen LogP contribution is -2.52. The van der Waals surface area contributed by atoms with Crippen molar-refractivity contribution in [2.75, 3.05) is 32.1 Å². The van der Waals surface area contributed by atoms with Gasteiger partial charge in [-0.3, -0.25) is 4.90 Å². The number of hydrogen-bond donors (Lipinski definition) is 0. The monoisotopic (exact) mass is 416 g/mol. The number of halogens is 1. The van der Waals surface area contributed by atoms with Gasteiger partial charge in [0.05, 0.1) is 12.8 Å². The van der Waals surface area contributed by atoms with Gasteiger partial charge in [0.2, 0.25) is 0 Å². The molecule has 3 aromatic rings. The predicted octanol–water partition coefficient (Wildman–Crippen LogP) is 5.18. The fourth-order valence-electron chi connectivity index (χ4n) is 5.82. The van der Waals surface area contributed by atoms with Gasteiger partial charge in [-0.05, 0) is 42.1 Å². The molecule has 0 amide bonds. The van der Waals surface area contributed by atoms with Gasteiger partial charge in [-0.2, -0.15) is 0 Å². The zero-order chi connectivity index (χ0) is 21.4. The van der Waals surface area contributed by atoms with Gasteiger partial charge < -0.3 is 9.64 Å². The summed E-state index contributed by atoms with van der Waals surface area (Å²) in [5, 5.41) is 0. The highest BCUT2D eigenvalue weighted by atomic mass is 19.1. The lowest BCUT2D eigenvalue weighted by atomic mass is 9.78. The van der Waals surface area contributed by atoms with Crippen LogP contribution in [-0.4, -0.2) is 44.2 Å². The molecule has 2 aliphatic rings. The molecule has 0 aromatic heterocycles. The van der Waals surface area contributed by atoms with Crippen molar-refractivity contribution in [2.45, 2.75) is 24.4 Å². The van der Waals surface area contributed by atoms with E-state index in [-0.39, 0.29) is 17.8 Å². The van der Waals surface area contributed by atoms with Gasteiger partial charge in [0.15, 0.2) is 0 Å². The first-order valence-electron chi connectivity index (χ1n) is 11.1. The Bertz CT molecular complexity index is 986. The summed E-state index contributed by atoms with van der Waals surface area (Å²) in [6, 6.07) is 27.0. The Labute approximate surface area is 184 Å². The Morgan fingerprint density at radius 2 is 1.61 bits per heavy atom. The van der Waals surface area contributed by atoms with E-state index in [1.165, 1.54) is 23.6 Å². The molecule has 4 heteroatoms. The third kappa shape index (κ3) is 3.59. The second-order valence-corrected chi connectivity index (χ2v) is 8.75. The second kappa shape index (κ2) is 8.35. The van der Waals surface area contributed by atoms with Crippen LogP contribution in [0.1, 0.15) is 23.5 Å². The average Bonchev–Trinajstić information content (AvgIpc) is 3.42. The molecule has 31 heavy (non-hydrogen) atoms. The van der Waals surface area contributed by atoms with Crippen molar-refractivity contribution in [1.82, 2.24) is 4.90 Å². The van der Waals surface area contributed by atoms with E-state index < -0.39 is 0 Å². The predicted molar refractivity (Wildman–Crippen MR) is 123 cm³/mol. The van der Waals surface area contributed by atoms with Crippen molar-refractivity contribution in [3.8, 4) is 5.75 Å². The Morgan fingerprint density at radius 1 is 0.968 bits per heavy atom. The SMILES string of the molecule is COc1ccc(F)cc1N(C)C1C2CCN(C2)C1C(c1ccccc1)c1ccccc1. The molecule has 0 aliphatic carbocycles. The number of nitrogens with zero attached hydrogens (tertiary/aromatic N) is 2. The molecule has 3 aromatic carbocycles. The summed E-state index contributed by atoms with van der Waals surface area (Å²) in [4.78, 5) is 4.91. The lowest BCUT2D eigenvalue weighted by Gasteiger charge is -2.43. The second-order valence-electron chi connectivity index (χ2n) is 8.75. The molecular formula is C27H29FN2O. The molecule has 0 spiro atoms.